The second-order valence-corrected chi connectivity index (χ2v) is 10.1. The first-order chi connectivity index (χ1) is 17.9. The molecule has 0 saturated heterocycles. The van der Waals surface area contributed by atoms with Gasteiger partial charge < -0.3 is 10.1 Å². The van der Waals surface area contributed by atoms with E-state index in [1.807, 2.05) is 12.1 Å². The average Bonchev–Trinajstić information content (AvgIpc) is 3.49. The zero-order valence-corrected chi connectivity index (χ0v) is 21.3. The van der Waals surface area contributed by atoms with Gasteiger partial charge >= 0.3 is 0 Å². The lowest BCUT2D eigenvalue weighted by atomic mass is 9.99. The lowest BCUT2D eigenvalue weighted by molar-refractivity contribution is -0.121. The molecule has 0 spiro atoms. The van der Waals surface area contributed by atoms with E-state index in [1.54, 1.807) is 60.6 Å². The van der Waals surface area contributed by atoms with Crippen LogP contribution in [0.3, 0.4) is 0 Å². The predicted molar refractivity (Wildman–Crippen MR) is 144 cm³/mol. The highest BCUT2D eigenvalue weighted by atomic mass is 35.5. The molecular formula is C27H22ClFN4O3S. The van der Waals surface area contributed by atoms with E-state index in [0.717, 1.165) is 16.8 Å². The molecule has 3 aromatic carbocycles. The van der Waals surface area contributed by atoms with E-state index < -0.39 is 5.25 Å². The van der Waals surface area contributed by atoms with Crippen molar-refractivity contribution in [2.75, 3.05) is 12.4 Å². The Morgan fingerprint density at radius 2 is 1.92 bits per heavy atom. The zero-order valence-electron chi connectivity index (χ0n) is 19.7. The van der Waals surface area contributed by atoms with Gasteiger partial charge in [0, 0.05) is 29.6 Å². The molecule has 0 aromatic heterocycles. The highest BCUT2D eigenvalue weighted by Gasteiger charge is 2.39. The van der Waals surface area contributed by atoms with Gasteiger partial charge in [-0.15, -0.1) is 0 Å². The van der Waals surface area contributed by atoms with Crippen molar-refractivity contribution in [3.63, 3.8) is 0 Å². The minimum Gasteiger partial charge on any atom is -0.497 e. The fraction of sp³-hybridized carbons (Fsp3) is 0.185. The third-order valence-corrected chi connectivity index (χ3v) is 7.39. The van der Waals surface area contributed by atoms with Gasteiger partial charge in [0.25, 0.3) is 5.91 Å². The maximum atomic E-state index is 13.5. The Hall–Kier alpha value is -3.69. The minimum atomic E-state index is -0.670. The van der Waals surface area contributed by atoms with E-state index in [4.69, 9.17) is 21.4 Å². The predicted octanol–water partition coefficient (Wildman–Crippen LogP) is 5.67. The summed E-state index contributed by atoms with van der Waals surface area (Å²) in [7, 11) is 1.55. The molecule has 2 heterocycles. The van der Waals surface area contributed by atoms with Crippen LogP contribution in [0.5, 0.6) is 5.75 Å². The number of anilines is 1. The number of nitrogens with one attached hydrogen (secondary N) is 1. The Morgan fingerprint density at radius 3 is 2.65 bits per heavy atom. The molecule has 2 aliphatic rings. The molecule has 0 unspecified atom stereocenters. The number of carbonyl (C=O) groups is 2. The molecule has 2 atom stereocenters. The van der Waals surface area contributed by atoms with E-state index in [1.165, 1.54) is 23.9 Å². The SMILES string of the molecule is COc1cccc(NC(=O)C[C@@H]2SC(N3N=C(c4ccc(F)cc4)C[C@H]3c3ccc(Cl)cc3)=NC2=O)c1. The number of amides is 2. The van der Waals surface area contributed by atoms with Gasteiger partial charge in [-0.3, -0.25) is 9.59 Å². The molecule has 0 bridgehead atoms. The summed E-state index contributed by atoms with van der Waals surface area (Å²) in [4.78, 5) is 29.7. The largest absolute Gasteiger partial charge is 0.497 e. The Morgan fingerprint density at radius 1 is 1.16 bits per heavy atom. The van der Waals surface area contributed by atoms with Gasteiger partial charge in [0.2, 0.25) is 5.91 Å². The summed E-state index contributed by atoms with van der Waals surface area (Å²) < 4.78 is 18.7. The van der Waals surface area contributed by atoms with Crippen molar-refractivity contribution >= 4 is 51.7 Å². The minimum absolute atomic E-state index is 0.0400. The molecule has 2 amide bonds. The molecule has 37 heavy (non-hydrogen) atoms. The van der Waals surface area contributed by atoms with Gasteiger partial charge in [0.1, 0.15) is 16.8 Å². The van der Waals surface area contributed by atoms with Gasteiger partial charge in [-0.2, -0.15) is 10.1 Å². The lowest BCUT2D eigenvalue weighted by Gasteiger charge is -2.23. The van der Waals surface area contributed by atoms with Gasteiger partial charge in [0.15, 0.2) is 5.17 Å². The van der Waals surface area contributed by atoms with Crippen molar-refractivity contribution in [2.45, 2.75) is 24.1 Å². The summed E-state index contributed by atoms with van der Waals surface area (Å²) >= 11 is 7.30. The van der Waals surface area contributed by atoms with Crippen molar-refractivity contribution in [3.8, 4) is 5.75 Å². The molecule has 0 aliphatic carbocycles. The van der Waals surface area contributed by atoms with E-state index in [0.29, 0.717) is 28.0 Å². The number of rotatable bonds is 6. The highest BCUT2D eigenvalue weighted by molar-refractivity contribution is 8.15. The van der Waals surface area contributed by atoms with Gasteiger partial charge in [-0.05, 0) is 47.5 Å². The fourth-order valence-electron chi connectivity index (χ4n) is 4.13. The molecule has 188 valence electrons. The van der Waals surface area contributed by atoms with Crippen LogP contribution in [-0.4, -0.2) is 40.1 Å². The maximum Gasteiger partial charge on any atom is 0.262 e. The van der Waals surface area contributed by atoms with Crippen LogP contribution < -0.4 is 10.1 Å². The Kier molecular flexibility index (Phi) is 7.25. The number of thioether (sulfide) groups is 1. The summed E-state index contributed by atoms with van der Waals surface area (Å²) in [6, 6.07) is 20.3. The van der Waals surface area contributed by atoms with Crippen molar-refractivity contribution in [2.24, 2.45) is 10.1 Å². The number of halogens is 2. The number of hydrogen-bond donors (Lipinski definition) is 1. The van der Waals surface area contributed by atoms with Crippen LogP contribution in [0.4, 0.5) is 10.1 Å². The third-order valence-electron chi connectivity index (χ3n) is 5.99. The first-order valence-electron chi connectivity index (χ1n) is 11.5. The van der Waals surface area contributed by atoms with E-state index in [-0.39, 0.29) is 30.1 Å². The Bertz CT molecular complexity index is 1400. The topological polar surface area (TPSA) is 83.4 Å². The quantitative estimate of drug-likeness (QED) is 0.439. The highest BCUT2D eigenvalue weighted by Crippen LogP contribution is 2.39. The number of aliphatic imine (C=N–C) groups is 1. The van der Waals surface area contributed by atoms with Crippen molar-refractivity contribution in [1.29, 1.82) is 0 Å². The number of hydrazone groups is 1. The summed E-state index contributed by atoms with van der Waals surface area (Å²) in [6.45, 7) is 0. The molecule has 0 fully saturated rings. The zero-order chi connectivity index (χ0) is 25.9. The van der Waals surface area contributed by atoms with Crippen LogP contribution in [-0.2, 0) is 9.59 Å². The van der Waals surface area contributed by atoms with E-state index in [9.17, 15) is 14.0 Å². The third kappa shape index (κ3) is 5.68. The standard InChI is InChI=1S/C27H22ClFN4O3S/c1-36-21-4-2-3-20(13-21)30-25(34)15-24-26(35)31-27(37-24)33-23(17-5-9-18(28)10-6-17)14-22(32-33)16-7-11-19(29)12-8-16/h2-13,23-24H,14-15H2,1H3,(H,30,34)/t23-,24-/m0/s1. The molecule has 2 aliphatic heterocycles. The summed E-state index contributed by atoms with van der Waals surface area (Å²) in [6.07, 6.45) is 0.490. The van der Waals surface area contributed by atoms with Crippen molar-refractivity contribution < 1.29 is 18.7 Å². The molecular weight excluding hydrogens is 515 g/mol. The van der Waals surface area contributed by atoms with Crippen LogP contribution in [0.2, 0.25) is 5.02 Å². The first-order valence-corrected chi connectivity index (χ1v) is 12.8. The number of ether oxygens (including phenoxy) is 1. The van der Waals surface area contributed by atoms with Crippen LogP contribution in [0.25, 0.3) is 0 Å². The average molecular weight is 537 g/mol. The van der Waals surface area contributed by atoms with E-state index >= 15 is 0 Å². The summed E-state index contributed by atoms with van der Waals surface area (Å²) in [5.41, 5.74) is 3.05. The van der Waals surface area contributed by atoms with Gasteiger partial charge in [-0.1, -0.05) is 53.7 Å². The van der Waals surface area contributed by atoms with Crippen molar-refractivity contribution in [1.82, 2.24) is 5.01 Å². The number of hydrogen-bond acceptors (Lipinski definition) is 6. The number of methoxy groups -OCH3 is 1. The van der Waals surface area contributed by atoms with Gasteiger partial charge in [-0.25, -0.2) is 9.40 Å². The van der Waals surface area contributed by atoms with Crippen LogP contribution >= 0.6 is 23.4 Å². The maximum absolute atomic E-state index is 13.5. The van der Waals surface area contributed by atoms with E-state index in [2.05, 4.69) is 10.3 Å². The molecule has 10 heteroatoms. The fourth-order valence-corrected chi connectivity index (χ4v) is 5.32. The molecule has 0 radical (unpaired) electrons. The Balaban J connectivity index is 1.34. The number of amidine groups is 1. The number of nitrogens with zero attached hydrogens (tertiary/aromatic N) is 3. The van der Waals surface area contributed by atoms with Crippen LogP contribution in [0.1, 0.15) is 30.0 Å². The van der Waals surface area contributed by atoms with Gasteiger partial charge in [0.05, 0.1) is 18.9 Å². The second-order valence-electron chi connectivity index (χ2n) is 8.49. The number of carbonyl (C=O) groups excluding carboxylic acids is 2. The van der Waals surface area contributed by atoms with Crippen LogP contribution in [0.15, 0.2) is 82.9 Å². The normalized spacial score (nSPS) is 19.0. The molecule has 0 saturated carbocycles. The monoisotopic (exact) mass is 536 g/mol. The first kappa shape index (κ1) is 25.0. The van der Waals surface area contributed by atoms with Crippen LogP contribution in [0, 0.1) is 5.82 Å². The molecule has 1 N–H and O–H groups in total. The lowest BCUT2D eigenvalue weighted by Crippen LogP contribution is -2.25. The van der Waals surface area contributed by atoms with Crippen molar-refractivity contribution in [3.05, 3.63) is 94.8 Å². The summed E-state index contributed by atoms with van der Waals surface area (Å²) in [5.74, 6) is -0.403. The smallest absolute Gasteiger partial charge is 0.262 e. The second kappa shape index (κ2) is 10.7. The summed E-state index contributed by atoms with van der Waals surface area (Å²) in [5, 5.41) is 9.63. The Labute approximate surface area is 222 Å². The molecule has 5 rings (SSSR count). The molecule has 7 nitrogen and oxygen atoms in total. The molecule has 3 aromatic rings. The number of benzene rings is 3.